The quantitative estimate of drug-likeness (QED) is 0.283. The molecule has 39 heavy (non-hydrogen) atoms. The van der Waals surface area contributed by atoms with Crippen molar-refractivity contribution >= 4 is 35.2 Å². The molecule has 0 aliphatic carbocycles. The van der Waals surface area contributed by atoms with Gasteiger partial charge < -0.3 is 14.2 Å². The summed E-state index contributed by atoms with van der Waals surface area (Å²) in [5.74, 6) is 6.10. The maximum atomic E-state index is 13.6. The number of hydrogen-bond acceptors (Lipinski definition) is 5. The van der Waals surface area contributed by atoms with E-state index in [1.54, 1.807) is 18.2 Å². The second kappa shape index (κ2) is 13.5. The van der Waals surface area contributed by atoms with Crippen LogP contribution >= 0.6 is 23.2 Å². The molecule has 1 heterocycles. The number of halogens is 2. The van der Waals surface area contributed by atoms with Crippen LogP contribution < -0.4 is 4.74 Å². The molecule has 0 saturated carbocycles. The zero-order valence-electron chi connectivity index (χ0n) is 21.7. The fourth-order valence-corrected chi connectivity index (χ4v) is 4.72. The third kappa shape index (κ3) is 8.00. The summed E-state index contributed by atoms with van der Waals surface area (Å²) in [6.45, 7) is 4.01. The Kier molecular flexibility index (Phi) is 9.89. The molecule has 3 aromatic rings. The first-order valence-corrected chi connectivity index (χ1v) is 13.4. The minimum absolute atomic E-state index is 0.147. The van der Waals surface area contributed by atoms with Gasteiger partial charge >= 0.3 is 6.09 Å². The van der Waals surface area contributed by atoms with Crippen molar-refractivity contribution in [2.75, 3.05) is 13.2 Å². The molecule has 8 heteroatoms. The topological polar surface area (TPSA) is 65.1 Å². The lowest BCUT2D eigenvalue weighted by molar-refractivity contribution is -0.144. The summed E-state index contributed by atoms with van der Waals surface area (Å²) in [5, 5.41) is 1.02. The maximum Gasteiger partial charge on any atom is 0.417 e. The van der Waals surface area contributed by atoms with E-state index < -0.39 is 24.1 Å². The van der Waals surface area contributed by atoms with Gasteiger partial charge in [0, 0.05) is 17.0 Å². The van der Waals surface area contributed by atoms with Gasteiger partial charge in [0.1, 0.15) is 25.1 Å². The standard InChI is InChI=1S/C31H29Cl2NO5/c1-21(2)39-29(30(35)34-26(20-38-31(34)36)16-22-8-4-3-5-9-22)18-23-10-6-12-27(17-23)37-15-7-11-24-13-14-25(32)19-28(24)33/h3-6,8-10,12-14,17,19,21,26,29H,15-16,18,20H2,1-2H3/t26-,29-/m0/s1. The summed E-state index contributed by atoms with van der Waals surface area (Å²) < 4.78 is 17.1. The van der Waals surface area contributed by atoms with E-state index in [1.165, 1.54) is 4.90 Å². The predicted octanol–water partition coefficient (Wildman–Crippen LogP) is 6.35. The fraction of sp³-hybridized carbons (Fsp3) is 0.290. The van der Waals surface area contributed by atoms with Gasteiger partial charge in [-0.25, -0.2) is 9.69 Å². The van der Waals surface area contributed by atoms with Crippen LogP contribution in [0.15, 0.2) is 72.8 Å². The van der Waals surface area contributed by atoms with Crippen LogP contribution in [0.5, 0.6) is 5.75 Å². The van der Waals surface area contributed by atoms with Crippen molar-refractivity contribution in [1.82, 2.24) is 4.90 Å². The number of carbonyl (C=O) groups excluding carboxylic acids is 2. The van der Waals surface area contributed by atoms with Gasteiger partial charge in [-0.05, 0) is 61.7 Å². The molecule has 6 nitrogen and oxygen atoms in total. The summed E-state index contributed by atoms with van der Waals surface area (Å²) in [4.78, 5) is 27.4. The van der Waals surface area contributed by atoms with Crippen LogP contribution in [-0.2, 0) is 27.1 Å². The van der Waals surface area contributed by atoms with Gasteiger partial charge in [-0.1, -0.05) is 77.5 Å². The lowest BCUT2D eigenvalue weighted by Crippen LogP contribution is -2.47. The van der Waals surface area contributed by atoms with E-state index in [0.29, 0.717) is 27.8 Å². The average Bonchev–Trinajstić information content (AvgIpc) is 3.27. The highest BCUT2D eigenvalue weighted by Crippen LogP contribution is 2.23. The van der Waals surface area contributed by atoms with E-state index in [0.717, 1.165) is 11.1 Å². The van der Waals surface area contributed by atoms with Crippen molar-refractivity contribution in [2.24, 2.45) is 0 Å². The summed E-state index contributed by atoms with van der Waals surface area (Å²) in [7, 11) is 0. The van der Waals surface area contributed by atoms with Crippen LogP contribution in [0.25, 0.3) is 0 Å². The van der Waals surface area contributed by atoms with Gasteiger partial charge in [-0.15, -0.1) is 0 Å². The molecule has 1 aliphatic heterocycles. The molecule has 0 spiro atoms. The van der Waals surface area contributed by atoms with Crippen LogP contribution in [0.3, 0.4) is 0 Å². The van der Waals surface area contributed by atoms with E-state index >= 15 is 0 Å². The molecule has 4 rings (SSSR count). The van der Waals surface area contributed by atoms with Gasteiger partial charge in [0.2, 0.25) is 0 Å². The molecule has 2 amide bonds. The van der Waals surface area contributed by atoms with Crippen LogP contribution in [0.2, 0.25) is 10.0 Å². The van der Waals surface area contributed by atoms with E-state index in [-0.39, 0.29) is 25.7 Å². The molecular formula is C31H29Cl2NO5. The lowest BCUT2D eigenvalue weighted by atomic mass is 10.0. The maximum absolute atomic E-state index is 13.6. The first-order valence-electron chi connectivity index (χ1n) is 12.6. The molecule has 0 N–H and O–H groups in total. The third-order valence-electron chi connectivity index (χ3n) is 6.01. The highest BCUT2D eigenvalue weighted by molar-refractivity contribution is 6.35. The van der Waals surface area contributed by atoms with Crippen LogP contribution in [0.1, 0.15) is 30.5 Å². The molecule has 2 atom stereocenters. The van der Waals surface area contributed by atoms with Gasteiger partial charge in [0.15, 0.2) is 0 Å². The predicted molar refractivity (Wildman–Crippen MR) is 151 cm³/mol. The minimum Gasteiger partial charge on any atom is -0.481 e. The molecule has 1 saturated heterocycles. The molecule has 3 aromatic carbocycles. The molecular weight excluding hydrogens is 537 g/mol. The molecule has 1 aliphatic rings. The molecule has 0 bridgehead atoms. The second-order valence-electron chi connectivity index (χ2n) is 9.37. The van der Waals surface area contributed by atoms with Crippen molar-refractivity contribution in [3.05, 3.63) is 99.5 Å². The Bertz CT molecular complexity index is 1370. The number of ether oxygens (including phenoxy) is 3. The second-order valence-corrected chi connectivity index (χ2v) is 10.2. The summed E-state index contributed by atoms with van der Waals surface area (Å²) in [6, 6.07) is 21.8. The van der Waals surface area contributed by atoms with Crippen molar-refractivity contribution < 1.29 is 23.8 Å². The van der Waals surface area contributed by atoms with Gasteiger partial charge in [-0.3, -0.25) is 4.79 Å². The highest BCUT2D eigenvalue weighted by atomic mass is 35.5. The first kappa shape index (κ1) is 28.5. The Morgan fingerprint density at radius 3 is 2.56 bits per heavy atom. The Hall–Kier alpha value is -3.50. The van der Waals surface area contributed by atoms with E-state index in [9.17, 15) is 9.59 Å². The van der Waals surface area contributed by atoms with Crippen molar-refractivity contribution in [1.29, 1.82) is 0 Å². The Morgan fingerprint density at radius 1 is 1.05 bits per heavy atom. The summed E-state index contributed by atoms with van der Waals surface area (Å²) in [5.41, 5.74) is 2.51. The Balaban J connectivity index is 1.43. The Morgan fingerprint density at radius 2 is 1.82 bits per heavy atom. The van der Waals surface area contributed by atoms with Crippen molar-refractivity contribution in [2.45, 2.75) is 44.9 Å². The number of rotatable bonds is 9. The monoisotopic (exact) mass is 565 g/mol. The molecule has 0 unspecified atom stereocenters. The van der Waals surface area contributed by atoms with Crippen molar-refractivity contribution in [3.8, 4) is 17.6 Å². The number of amides is 2. The molecule has 1 fully saturated rings. The van der Waals surface area contributed by atoms with E-state index in [1.807, 2.05) is 68.4 Å². The normalized spacial score (nSPS) is 15.5. The number of carbonyl (C=O) groups is 2. The summed E-state index contributed by atoms with van der Waals surface area (Å²) >= 11 is 12.1. The lowest BCUT2D eigenvalue weighted by Gasteiger charge is -2.26. The third-order valence-corrected chi connectivity index (χ3v) is 6.56. The van der Waals surface area contributed by atoms with Crippen LogP contribution in [0.4, 0.5) is 4.79 Å². The summed E-state index contributed by atoms with van der Waals surface area (Å²) in [6.07, 6.45) is -0.953. The van der Waals surface area contributed by atoms with E-state index in [4.69, 9.17) is 37.4 Å². The average molecular weight is 566 g/mol. The van der Waals surface area contributed by atoms with Gasteiger partial charge in [-0.2, -0.15) is 0 Å². The number of nitrogens with zero attached hydrogens (tertiary/aromatic N) is 1. The number of imide groups is 1. The fourth-order valence-electron chi connectivity index (χ4n) is 4.26. The van der Waals surface area contributed by atoms with Crippen LogP contribution in [0, 0.1) is 11.8 Å². The van der Waals surface area contributed by atoms with Crippen LogP contribution in [-0.4, -0.2) is 48.4 Å². The highest BCUT2D eigenvalue weighted by Gasteiger charge is 2.41. The first-order chi connectivity index (χ1) is 18.8. The number of benzene rings is 3. The SMILES string of the molecule is CC(C)O[C@@H](Cc1cccc(OCC#Cc2ccc(Cl)cc2Cl)c1)C(=O)N1C(=O)OC[C@@H]1Cc1ccccc1. The van der Waals surface area contributed by atoms with Crippen molar-refractivity contribution in [3.63, 3.8) is 0 Å². The molecule has 202 valence electrons. The number of cyclic esters (lactones) is 1. The van der Waals surface area contributed by atoms with Gasteiger partial charge in [0.05, 0.1) is 17.2 Å². The molecule has 0 aromatic heterocycles. The van der Waals surface area contributed by atoms with Gasteiger partial charge in [0.25, 0.3) is 5.91 Å². The Labute approximate surface area is 238 Å². The zero-order valence-corrected chi connectivity index (χ0v) is 23.2. The minimum atomic E-state index is -0.865. The largest absolute Gasteiger partial charge is 0.481 e. The zero-order chi connectivity index (χ0) is 27.8. The smallest absolute Gasteiger partial charge is 0.417 e. The molecule has 0 radical (unpaired) electrons. The van der Waals surface area contributed by atoms with E-state index in [2.05, 4.69) is 11.8 Å². The number of hydrogen-bond donors (Lipinski definition) is 0.